The van der Waals surface area contributed by atoms with E-state index < -0.39 is 9.58 Å². The Morgan fingerprint density at radius 1 is 1.00 bits per heavy atom. The Hall–Kier alpha value is -0.450. The molecule has 0 aliphatic rings. The van der Waals surface area contributed by atoms with Crippen LogP contribution >= 0.6 is 34.8 Å². The van der Waals surface area contributed by atoms with Crippen molar-refractivity contribution in [3.63, 3.8) is 0 Å². The van der Waals surface area contributed by atoms with Crippen LogP contribution in [0.25, 0.3) is 0 Å². The average Bonchev–Trinajstić information content (AvgIpc) is 2.35. The van der Waals surface area contributed by atoms with Gasteiger partial charge in [-0.25, -0.2) is 0 Å². The first-order chi connectivity index (χ1) is 8.81. The van der Waals surface area contributed by atoms with Crippen molar-refractivity contribution < 1.29 is 19.1 Å². The van der Waals surface area contributed by atoms with Crippen LogP contribution in [0.3, 0.4) is 0 Å². The summed E-state index contributed by atoms with van der Waals surface area (Å²) in [5.41, 5.74) is 0. The Labute approximate surface area is 128 Å². The van der Waals surface area contributed by atoms with Gasteiger partial charge in [-0.05, 0) is 12.8 Å². The minimum atomic E-state index is -1.96. The highest BCUT2D eigenvalue weighted by atomic mass is 35.6. The Kier molecular flexibility index (Phi) is 9.23. The van der Waals surface area contributed by atoms with Crippen LogP contribution in [0, 0.1) is 0 Å². The lowest BCUT2D eigenvalue weighted by molar-refractivity contribution is -0.140. The Morgan fingerprint density at radius 3 is 2.05 bits per heavy atom. The van der Waals surface area contributed by atoms with E-state index in [4.69, 9.17) is 39.5 Å². The summed E-state index contributed by atoms with van der Waals surface area (Å²) in [5.74, 6) is -0.410. The molecule has 7 heteroatoms. The number of allylic oxidation sites excluding steroid dienone is 2. The lowest BCUT2D eigenvalue weighted by atomic mass is 10.1. The van der Waals surface area contributed by atoms with Gasteiger partial charge in [0.2, 0.25) is 5.78 Å². The molecule has 0 radical (unpaired) electrons. The number of unbranched alkanes of at least 4 members (excludes halogenated alkanes) is 2. The van der Waals surface area contributed by atoms with Gasteiger partial charge < -0.3 is 9.47 Å². The van der Waals surface area contributed by atoms with E-state index in [0.29, 0.717) is 18.6 Å². The van der Waals surface area contributed by atoms with Crippen molar-refractivity contribution in [1.29, 1.82) is 0 Å². The molecule has 110 valence electrons. The third-order valence-electron chi connectivity index (χ3n) is 2.37. The number of carbonyl (C=O) groups excluding carboxylic acids is 2. The van der Waals surface area contributed by atoms with E-state index in [-0.39, 0.29) is 5.97 Å². The normalized spacial score (nSPS) is 12.2. The summed E-state index contributed by atoms with van der Waals surface area (Å²) in [7, 11) is 2.81. The maximum absolute atomic E-state index is 11.4. The van der Waals surface area contributed by atoms with Crippen molar-refractivity contribution in [3.8, 4) is 0 Å². The summed E-state index contributed by atoms with van der Waals surface area (Å²) in [4.78, 5) is 22.3. The summed E-state index contributed by atoms with van der Waals surface area (Å²) in [6.45, 7) is 0. The molecule has 0 aliphatic heterocycles. The number of esters is 1. The van der Waals surface area contributed by atoms with Gasteiger partial charge in [0, 0.05) is 18.9 Å². The van der Waals surface area contributed by atoms with E-state index in [1.165, 1.54) is 20.3 Å². The van der Waals surface area contributed by atoms with Crippen molar-refractivity contribution in [2.45, 2.75) is 35.9 Å². The molecular weight excluding hydrogens is 314 g/mol. The van der Waals surface area contributed by atoms with Gasteiger partial charge in [-0.1, -0.05) is 41.2 Å². The molecule has 0 saturated carbocycles. The van der Waals surface area contributed by atoms with Crippen LogP contribution in [0.15, 0.2) is 11.8 Å². The van der Waals surface area contributed by atoms with E-state index in [0.717, 1.165) is 19.3 Å². The summed E-state index contributed by atoms with van der Waals surface area (Å²) >= 11 is 16.3. The molecule has 0 aliphatic carbocycles. The summed E-state index contributed by atoms with van der Waals surface area (Å²) in [6, 6.07) is 0. The van der Waals surface area contributed by atoms with E-state index in [1.54, 1.807) is 0 Å². The molecule has 0 heterocycles. The average molecular weight is 332 g/mol. The van der Waals surface area contributed by atoms with Crippen LogP contribution in [-0.2, 0) is 19.1 Å². The fourth-order valence-corrected chi connectivity index (χ4v) is 1.47. The zero-order chi connectivity index (χ0) is 14.9. The zero-order valence-electron chi connectivity index (χ0n) is 10.9. The summed E-state index contributed by atoms with van der Waals surface area (Å²) < 4.78 is 7.60. The molecule has 0 saturated heterocycles. The number of carbonyl (C=O) groups is 2. The van der Waals surface area contributed by atoms with Gasteiger partial charge in [-0.15, -0.1) is 0 Å². The lowest BCUT2D eigenvalue weighted by Gasteiger charge is -2.09. The van der Waals surface area contributed by atoms with Crippen molar-refractivity contribution in [2.24, 2.45) is 0 Å². The largest absolute Gasteiger partial charge is 0.501 e. The molecule has 0 unspecified atom stereocenters. The van der Waals surface area contributed by atoms with Crippen molar-refractivity contribution in [2.75, 3.05) is 14.2 Å². The third-order valence-corrected chi connectivity index (χ3v) is 2.92. The van der Waals surface area contributed by atoms with Gasteiger partial charge in [0.15, 0.2) is 0 Å². The third kappa shape index (κ3) is 9.14. The summed E-state index contributed by atoms with van der Waals surface area (Å²) in [6.07, 6.45) is 4.43. The van der Waals surface area contributed by atoms with Gasteiger partial charge in [-0.3, -0.25) is 9.59 Å². The van der Waals surface area contributed by atoms with Gasteiger partial charge in [-0.2, -0.15) is 0 Å². The van der Waals surface area contributed by atoms with Crippen LogP contribution < -0.4 is 0 Å². The second-order valence-electron chi connectivity index (χ2n) is 3.81. The molecule has 0 fully saturated rings. The second kappa shape index (κ2) is 9.45. The maximum atomic E-state index is 11.4. The van der Waals surface area contributed by atoms with Crippen molar-refractivity contribution in [1.82, 2.24) is 0 Å². The van der Waals surface area contributed by atoms with Gasteiger partial charge >= 0.3 is 5.97 Å². The molecule has 4 nitrogen and oxygen atoms in total. The molecule has 0 N–H and O–H groups in total. The molecule has 0 amide bonds. The smallest absolute Gasteiger partial charge is 0.305 e. The van der Waals surface area contributed by atoms with Crippen LogP contribution in [0.1, 0.15) is 32.1 Å². The fourth-order valence-electron chi connectivity index (χ4n) is 1.31. The number of ketones is 1. The number of alkyl halides is 3. The molecule has 0 aromatic carbocycles. The molecule has 19 heavy (non-hydrogen) atoms. The highest BCUT2D eigenvalue weighted by molar-refractivity contribution is 6.77. The van der Waals surface area contributed by atoms with E-state index in [2.05, 4.69) is 4.74 Å². The SMILES string of the molecule is COC(=O)CCCCC/C(=C\C(=O)C(Cl)(Cl)Cl)OC. The van der Waals surface area contributed by atoms with Gasteiger partial charge in [0.05, 0.1) is 20.0 Å². The van der Waals surface area contributed by atoms with Crippen molar-refractivity contribution in [3.05, 3.63) is 11.8 Å². The van der Waals surface area contributed by atoms with Gasteiger partial charge in [0.25, 0.3) is 3.79 Å². The standard InChI is InChI=1S/C12H17Cl3O4/c1-18-9(8-10(16)12(13,14)15)6-4-3-5-7-11(17)19-2/h8H,3-7H2,1-2H3/b9-8+. The van der Waals surface area contributed by atoms with Crippen LogP contribution in [-0.4, -0.2) is 29.8 Å². The lowest BCUT2D eigenvalue weighted by Crippen LogP contribution is -2.16. The quantitative estimate of drug-likeness (QED) is 0.224. The number of halogens is 3. The first kappa shape index (κ1) is 18.6. The Morgan fingerprint density at radius 2 is 1.58 bits per heavy atom. The molecule has 0 bridgehead atoms. The van der Waals surface area contributed by atoms with Gasteiger partial charge in [0.1, 0.15) is 0 Å². The first-order valence-electron chi connectivity index (χ1n) is 5.73. The number of hydrogen-bond acceptors (Lipinski definition) is 4. The minimum absolute atomic E-state index is 0.228. The number of rotatable bonds is 8. The monoisotopic (exact) mass is 330 g/mol. The highest BCUT2D eigenvalue weighted by Gasteiger charge is 2.28. The van der Waals surface area contributed by atoms with E-state index in [9.17, 15) is 9.59 Å². The second-order valence-corrected chi connectivity index (χ2v) is 6.09. The highest BCUT2D eigenvalue weighted by Crippen LogP contribution is 2.28. The topological polar surface area (TPSA) is 52.6 Å². The predicted molar refractivity (Wildman–Crippen MR) is 75.5 cm³/mol. The number of methoxy groups -OCH3 is 2. The van der Waals surface area contributed by atoms with Crippen LogP contribution in [0.2, 0.25) is 0 Å². The summed E-state index contributed by atoms with van der Waals surface area (Å²) in [5, 5.41) is 0. The molecule has 0 rings (SSSR count). The predicted octanol–water partition coefficient (Wildman–Crippen LogP) is 3.58. The minimum Gasteiger partial charge on any atom is -0.501 e. The van der Waals surface area contributed by atoms with E-state index in [1.807, 2.05) is 0 Å². The number of ether oxygens (including phenoxy) is 2. The van der Waals surface area contributed by atoms with Crippen LogP contribution in [0.4, 0.5) is 0 Å². The van der Waals surface area contributed by atoms with Crippen LogP contribution in [0.5, 0.6) is 0 Å². The molecule has 0 spiro atoms. The Bertz CT molecular complexity index is 334. The first-order valence-corrected chi connectivity index (χ1v) is 6.87. The molecule has 0 aromatic rings. The fraction of sp³-hybridized carbons (Fsp3) is 0.667. The number of hydrogen-bond donors (Lipinski definition) is 0. The maximum Gasteiger partial charge on any atom is 0.305 e. The molecular formula is C12H17Cl3O4. The van der Waals surface area contributed by atoms with E-state index >= 15 is 0 Å². The molecule has 0 atom stereocenters. The zero-order valence-corrected chi connectivity index (χ0v) is 13.1. The molecule has 0 aromatic heterocycles. The Balaban J connectivity index is 4.05. The van der Waals surface area contributed by atoms with Crippen molar-refractivity contribution >= 4 is 46.6 Å².